The lowest BCUT2D eigenvalue weighted by Gasteiger charge is -2.28. The summed E-state index contributed by atoms with van der Waals surface area (Å²) < 4.78 is 4.95. The van der Waals surface area contributed by atoms with Crippen molar-refractivity contribution in [2.24, 2.45) is 5.92 Å². The average Bonchev–Trinajstić information content (AvgIpc) is 3.55. The first-order chi connectivity index (χ1) is 21.1. The van der Waals surface area contributed by atoms with Crippen LogP contribution in [0.2, 0.25) is 0 Å². The third kappa shape index (κ3) is 6.81. The lowest BCUT2D eigenvalue weighted by atomic mass is 9.99. The molecule has 0 aliphatic carbocycles. The molecule has 2 unspecified atom stereocenters. The average molecular weight is 595 g/mol. The molecule has 10 nitrogen and oxygen atoms in total. The van der Waals surface area contributed by atoms with Crippen molar-refractivity contribution >= 4 is 23.6 Å². The third-order valence-electron chi connectivity index (χ3n) is 7.78. The van der Waals surface area contributed by atoms with Crippen LogP contribution in [-0.2, 0) is 29.0 Å². The van der Waals surface area contributed by atoms with Crippen LogP contribution in [0, 0.1) is 12.8 Å². The fourth-order valence-electron chi connectivity index (χ4n) is 5.52. The Kier molecular flexibility index (Phi) is 9.10. The van der Waals surface area contributed by atoms with Gasteiger partial charge < -0.3 is 9.73 Å². The smallest absolute Gasteiger partial charge is 0.418 e. The van der Waals surface area contributed by atoms with Crippen LogP contribution in [0.15, 0.2) is 89.3 Å². The Bertz CT molecular complexity index is 1650. The van der Waals surface area contributed by atoms with Gasteiger partial charge in [-0.25, -0.2) is 9.59 Å². The SMILES string of the molecule is Cc1cccc(Cc2nnc(C(=O)[C@@H](NC(=O)C[N+]3(Cc4ccccc4)C(=O)NC(Cc4ccccc4)C3=O)C(C)C)o2)c1. The highest BCUT2D eigenvalue weighted by Gasteiger charge is 2.57. The molecule has 0 saturated carbocycles. The second-order valence-corrected chi connectivity index (χ2v) is 11.6. The van der Waals surface area contributed by atoms with Gasteiger partial charge in [-0.2, -0.15) is 4.48 Å². The quantitative estimate of drug-likeness (QED) is 0.143. The zero-order valence-corrected chi connectivity index (χ0v) is 25.0. The Morgan fingerprint density at radius 1 is 0.909 bits per heavy atom. The molecule has 0 radical (unpaired) electrons. The van der Waals surface area contributed by atoms with Gasteiger partial charge in [-0.3, -0.25) is 14.9 Å². The molecule has 226 valence electrons. The van der Waals surface area contributed by atoms with Gasteiger partial charge in [-0.05, 0) is 24.0 Å². The van der Waals surface area contributed by atoms with Gasteiger partial charge in [0.25, 0.3) is 11.8 Å². The number of aryl methyl sites for hydroxylation is 1. The number of carbonyl (C=O) groups is 4. The van der Waals surface area contributed by atoms with Crippen molar-refractivity contribution in [3.63, 3.8) is 0 Å². The highest BCUT2D eigenvalue weighted by molar-refractivity contribution is 6.00. The molecule has 4 aromatic rings. The molecule has 1 saturated heterocycles. The lowest BCUT2D eigenvalue weighted by Crippen LogP contribution is -2.59. The standard InChI is InChI=1S/C34H35N5O5/c1-22(2)30(31(41)32-38-37-29(44-32)19-26-16-10-11-23(3)17-26)36-28(40)21-39(20-25-14-8-5-9-15-25)33(42)27(35-34(39)43)18-24-12-6-4-7-13-24/h4-17,22,27,30H,18-21H2,1-3H3,(H-,35,36,40,43)/p+1/t27?,30-,39?/m0/s1. The molecule has 1 aromatic heterocycles. The zero-order valence-electron chi connectivity index (χ0n) is 25.0. The highest BCUT2D eigenvalue weighted by Crippen LogP contribution is 2.25. The van der Waals surface area contributed by atoms with Crippen LogP contribution < -0.4 is 10.6 Å². The van der Waals surface area contributed by atoms with Crippen LogP contribution >= 0.6 is 0 Å². The summed E-state index contributed by atoms with van der Waals surface area (Å²) >= 11 is 0. The predicted molar refractivity (Wildman–Crippen MR) is 162 cm³/mol. The van der Waals surface area contributed by atoms with Crippen molar-refractivity contribution in [3.05, 3.63) is 119 Å². The number of nitrogens with one attached hydrogen (secondary N) is 2. The largest absolute Gasteiger partial charge is 0.425 e. The predicted octanol–water partition coefficient (Wildman–Crippen LogP) is 4.17. The molecule has 4 amide bonds. The minimum atomic E-state index is -1.01. The first-order valence-corrected chi connectivity index (χ1v) is 14.7. The van der Waals surface area contributed by atoms with Gasteiger partial charge in [-0.1, -0.05) is 104 Å². The number of rotatable bonds is 12. The number of hydrogen-bond acceptors (Lipinski definition) is 7. The summed E-state index contributed by atoms with van der Waals surface area (Å²) in [6.45, 7) is 5.08. The van der Waals surface area contributed by atoms with Crippen molar-refractivity contribution in [2.45, 2.75) is 52.2 Å². The van der Waals surface area contributed by atoms with Crippen molar-refractivity contribution in [2.75, 3.05) is 6.54 Å². The molecule has 2 heterocycles. The summed E-state index contributed by atoms with van der Waals surface area (Å²) in [5.74, 6) is -1.82. The molecule has 1 fully saturated rings. The van der Waals surface area contributed by atoms with E-state index in [9.17, 15) is 19.2 Å². The van der Waals surface area contributed by atoms with E-state index >= 15 is 0 Å². The Hall–Kier alpha value is -4.96. The lowest BCUT2D eigenvalue weighted by molar-refractivity contribution is -0.773. The summed E-state index contributed by atoms with van der Waals surface area (Å²) in [6.07, 6.45) is 0.665. The van der Waals surface area contributed by atoms with Crippen LogP contribution in [-0.4, -0.2) is 56.9 Å². The van der Waals surface area contributed by atoms with Gasteiger partial charge >= 0.3 is 11.9 Å². The molecule has 3 atom stereocenters. The van der Waals surface area contributed by atoms with E-state index in [-0.39, 0.29) is 24.2 Å². The maximum absolute atomic E-state index is 13.9. The van der Waals surface area contributed by atoms with Crippen molar-refractivity contribution < 1.29 is 28.1 Å². The van der Waals surface area contributed by atoms with Crippen LogP contribution in [0.5, 0.6) is 0 Å². The summed E-state index contributed by atoms with van der Waals surface area (Å²) in [6, 6.07) is 24.0. The van der Waals surface area contributed by atoms with E-state index in [0.29, 0.717) is 12.8 Å². The number of amides is 4. The molecule has 5 rings (SSSR count). The normalized spacial score (nSPS) is 18.7. The van der Waals surface area contributed by atoms with E-state index < -0.39 is 46.7 Å². The number of aromatic nitrogens is 2. The van der Waals surface area contributed by atoms with Crippen molar-refractivity contribution in [3.8, 4) is 0 Å². The molecule has 1 aliphatic heterocycles. The molecule has 0 bridgehead atoms. The summed E-state index contributed by atoms with van der Waals surface area (Å²) in [5.41, 5.74) is 3.67. The van der Waals surface area contributed by atoms with Crippen molar-refractivity contribution in [1.82, 2.24) is 20.8 Å². The minimum absolute atomic E-state index is 0.00348. The number of benzene rings is 3. The Morgan fingerprint density at radius 3 is 2.23 bits per heavy atom. The fraction of sp³-hybridized carbons (Fsp3) is 0.294. The van der Waals surface area contributed by atoms with Gasteiger partial charge in [0.1, 0.15) is 6.54 Å². The summed E-state index contributed by atoms with van der Waals surface area (Å²) in [5, 5.41) is 13.6. The van der Waals surface area contributed by atoms with E-state index in [1.165, 1.54) is 0 Å². The van der Waals surface area contributed by atoms with E-state index in [1.807, 2.05) is 91.9 Å². The second kappa shape index (κ2) is 13.1. The monoisotopic (exact) mass is 594 g/mol. The Balaban J connectivity index is 1.34. The molecule has 0 spiro atoms. The molecule has 1 aliphatic rings. The molecule has 3 aromatic carbocycles. The van der Waals surface area contributed by atoms with Crippen LogP contribution in [0.4, 0.5) is 4.79 Å². The molecular formula is C34H36N5O5+. The first kappa shape index (κ1) is 30.5. The van der Waals surface area contributed by atoms with E-state index in [0.717, 1.165) is 22.3 Å². The van der Waals surface area contributed by atoms with E-state index in [1.54, 1.807) is 13.8 Å². The molecule has 44 heavy (non-hydrogen) atoms. The molecule has 10 heteroatoms. The van der Waals surface area contributed by atoms with Gasteiger partial charge in [0.15, 0.2) is 12.6 Å². The zero-order chi connectivity index (χ0) is 31.3. The van der Waals surface area contributed by atoms with Crippen LogP contribution in [0.3, 0.4) is 0 Å². The number of imide groups is 1. The number of nitrogens with zero attached hydrogens (tertiary/aromatic N) is 3. The maximum Gasteiger partial charge on any atom is 0.425 e. The van der Waals surface area contributed by atoms with E-state index in [2.05, 4.69) is 20.8 Å². The third-order valence-corrected chi connectivity index (χ3v) is 7.78. The number of carbonyl (C=O) groups excluding carboxylic acids is 4. The van der Waals surface area contributed by atoms with Crippen molar-refractivity contribution in [1.29, 1.82) is 0 Å². The minimum Gasteiger partial charge on any atom is -0.418 e. The van der Waals surface area contributed by atoms with Crippen LogP contribution in [0.1, 0.15) is 52.7 Å². The number of quaternary nitrogens is 1. The van der Waals surface area contributed by atoms with Gasteiger partial charge in [0.2, 0.25) is 11.7 Å². The number of urea groups is 1. The first-order valence-electron chi connectivity index (χ1n) is 14.7. The number of Topliss-reactive ketones (excluding diaryl/α,β-unsaturated/α-hetero) is 1. The molecular weight excluding hydrogens is 558 g/mol. The van der Waals surface area contributed by atoms with Gasteiger partial charge in [0, 0.05) is 12.0 Å². The van der Waals surface area contributed by atoms with E-state index in [4.69, 9.17) is 4.42 Å². The summed E-state index contributed by atoms with van der Waals surface area (Å²) in [4.78, 5) is 54.6. The topological polar surface area (TPSA) is 131 Å². The molecule has 2 N–H and O–H groups in total. The number of hydrogen-bond donors (Lipinski definition) is 2. The second-order valence-electron chi connectivity index (χ2n) is 11.6. The van der Waals surface area contributed by atoms with Crippen LogP contribution in [0.25, 0.3) is 0 Å². The highest BCUT2D eigenvalue weighted by atomic mass is 16.4. The fourth-order valence-corrected chi connectivity index (χ4v) is 5.52. The Labute approximate surface area is 256 Å². The van der Waals surface area contributed by atoms with Gasteiger partial charge in [-0.15, -0.1) is 10.2 Å². The van der Waals surface area contributed by atoms with Gasteiger partial charge in [0.05, 0.1) is 12.5 Å². The Morgan fingerprint density at radius 2 is 1.57 bits per heavy atom. The summed E-state index contributed by atoms with van der Waals surface area (Å²) in [7, 11) is 0. The number of ketones is 1. The maximum atomic E-state index is 13.9.